The first-order valence-electron chi connectivity index (χ1n) is 8.16. The van der Waals surface area contributed by atoms with E-state index >= 15 is 0 Å². The van der Waals surface area contributed by atoms with Crippen molar-refractivity contribution in [3.63, 3.8) is 0 Å². The predicted molar refractivity (Wildman–Crippen MR) is 110 cm³/mol. The fourth-order valence-electron chi connectivity index (χ4n) is 2.59. The van der Waals surface area contributed by atoms with Gasteiger partial charge in [-0.15, -0.1) is 24.0 Å². The maximum Gasteiger partial charge on any atom is 0.191 e. The second kappa shape index (κ2) is 11.1. The van der Waals surface area contributed by atoms with Gasteiger partial charge in [0.05, 0.1) is 0 Å². The van der Waals surface area contributed by atoms with Gasteiger partial charge in [0.15, 0.2) is 5.96 Å². The molecule has 0 aromatic heterocycles. The van der Waals surface area contributed by atoms with Gasteiger partial charge in [0.1, 0.15) is 0 Å². The lowest BCUT2D eigenvalue weighted by atomic mass is 10.1. The number of nitrogens with zero attached hydrogens (tertiary/aromatic N) is 2. The minimum absolute atomic E-state index is 0. The summed E-state index contributed by atoms with van der Waals surface area (Å²) in [6.45, 7) is 6.22. The molecule has 0 amide bonds. The van der Waals surface area contributed by atoms with Crippen LogP contribution in [0.4, 0.5) is 0 Å². The molecule has 0 aliphatic heterocycles. The second-order valence-corrected chi connectivity index (χ2v) is 6.10. The first-order chi connectivity index (χ1) is 10.7. The molecule has 0 spiro atoms. The first-order valence-corrected chi connectivity index (χ1v) is 8.53. The van der Waals surface area contributed by atoms with Crippen molar-refractivity contribution >= 4 is 41.5 Å². The molecule has 1 aliphatic carbocycles. The van der Waals surface area contributed by atoms with Crippen LogP contribution in [0.1, 0.15) is 25.3 Å². The summed E-state index contributed by atoms with van der Waals surface area (Å²) in [5, 5.41) is 7.53. The molecule has 0 radical (unpaired) electrons. The minimum atomic E-state index is 0. The highest BCUT2D eigenvalue weighted by Crippen LogP contribution is 2.25. The fourth-order valence-corrected chi connectivity index (χ4v) is 2.81. The first kappa shape index (κ1) is 20.5. The third-order valence-corrected chi connectivity index (χ3v) is 4.21. The summed E-state index contributed by atoms with van der Waals surface area (Å²) in [5.74, 6) is 0.869. The van der Waals surface area contributed by atoms with E-state index in [1.165, 1.54) is 18.4 Å². The van der Waals surface area contributed by atoms with E-state index in [9.17, 15) is 0 Å². The van der Waals surface area contributed by atoms with Crippen molar-refractivity contribution in [1.82, 2.24) is 15.5 Å². The number of benzene rings is 1. The number of aliphatic imine (C=N–C) groups is 1. The summed E-state index contributed by atoms with van der Waals surface area (Å²) in [7, 11) is 1.81. The molecule has 1 aromatic rings. The van der Waals surface area contributed by atoms with Crippen LogP contribution in [0.3, 0.4) is 0 Å². The Labute approximate surface area is 162 Å². The molecule has 0 unspecified atom stereocenters. The summed E-state index contributed by atoms with van der Waals surface area (Å²) in [6, 6.07) is 8.82. The van der Waals surface area contributed by atoms with Gasteiger partial charge in [-0.2, -0.15) is 0 Å². The molecule has 1 saturated carbocycles. The van der Waals surface area contributed by atoms with Gasteiger partial charge in [0, 0.05) is 37.7 Å². The summed E-state index contributed by atoms with van der Waals surface area (Å²) in [6.07, 6.45) is 3.66. The average Bonchev–Trinajstić information content (AvgIpc) is 3.34. The molecule has 4 nitrogen and oxygen atoms in total. The number of rotatable bonds is 8. The standard InChI is InChI=1S/C17H27ClN4.HI/c1-3-22(16-7-8-16)12-11-21-17(19-2)20-10-9-14-5-4-6-15(18)13-14;/h4-6,13,16H,3,7-12H2,1-2H3,(H2,19,20,21);1H. The maximum atomic E-state index is 5.99. The lowest BCUT2D eigenvalue weighted by molar-refractivity contribution is 0.282. The maximum absolute atomic E-state index is 5.99. The summed E-state index contributed by atoms with van der Waals surface area (Å²) < 4.78 is 0. The largest absolute Gasteiger partial charge is 0.356 e. The number of hydrogen-bond acceptors (Lipinski definition) is 2. The van der Waals surface area contributed by atoms with E-state index in [-0.39, 0.29) is 24.0 Å². The van der Waals surface area contributed by atoms with Crippen LogP contribution in [0.2, 0.25) is 5.02 Å². The van der Waals surface area contributed by atoms with Crippen LogP contribution in [0.5, 0.6) is 0 Å². The Hall–Kier alpha value is -0.530. The number of likely N-dealkylation sites (N-methyl/N-ethyl adjacent to an activating group) is 1. The monoisotopic (exact) mass is 450 g/mol. The molecule has 2 rings (SSSR count). The zero-order chi connectivity index (χ0) is 15.8. The topological polar surface area (TPSA) is 39.7 Å². The van der Waals surface area contributed by atoms with E-state index in [0.29, 0.717) is 0 Å². The van der Waals surface area contributed by atoms with E-state index in [1.807, 2.05) is 25.2 Å². The van der Waals surface area contributed by atoms with Crippen LogP contribution >= 0.6 is 35.6 Å². The van der Waals surface area contributed by atoms with Gasteiger partial charge >= 0.3 is 0 Å². The minimum Gasteiger partial charge on any atom is -0.356 e. The zero-order valence-electron chi connectivity index (χ0n) is 14.0. The van der Waals surface area contributed by atoms with Crippen LogP contribution in [0.15, 0.2) is 29.3 Å². The number of guanidine groups is 1. The van der Waals surface area contributed by atoms with Crippen molar-refractivity contribution < 1.29 is 0 Å². The molecule has 130 valence electrons. The van der Waals surface area contributed by atoms with Crippen molar-refractivity contribution in [1.29, 1.82) is 0 Å². The van der Waals surface area contributed by atoms with Gasteiger partial charge in [-0.1, -0.05) is 30.7 Å². The molecule has 1 aromatic carbocycles. The third-order valence-electron chi connectivity index (χ3n) is 3.98. The van der Waals surface area contributed by atoms with Gasteiger partial charge < -0.3 is 10.6 Å². The Kier molecular flexibility index (Phi) is 9.90. The van der Waals surface area contributed by atoms with E-state index in [0.717, 1.165) is 49.6 Å². The van der Waals surface area contributed by atoms with Crippen LogP contribution in [-0.4, -0.2) is 50.1 Å². The Morgan fingerprint density at radius 2 is 2.04 bits per heavy atom. The smallest absolute Gasteiger partial charge is 0.191 e. The van der Waals surface area contributed by atoms with Crippen molar-refractivity contribution in [2.75, 3.05) is 33.2 Å². The van der Waals surface area contributed by atoms with Crippen molar-refractivity contribution in [2.24, 2.45) is 4.99 Å². The molecular formula is C17H28ClIN4. The van der Waals surface area contributed by atoms with Gasteiger partial charge in [-0.25, -0.2) is 0 Å². The Balaban J connectivity index is 0.00000264. The molecule has 1 fully saturated rings. The quantitative estimate of drug-likeness (QED) is 0.363. The van der Waals surface area contributed by atoms with Crippen molar-refractivity contribution in [2.45, 2.75) is 32.2 Å². The van der Waals surface area contributed by atoms with E-state index < -0.39 is 0 Å². The Bertz CT molecular complexity index is 491. The van der Waals surface area contributed by atoms with Crippen molar-refractivity contribution in [3.8, 4) is 0 Å². The Morgan fingerprint density at radius 1 is 1.30 bits per heavy atom. The molecule has 23 heavy (non-hydrogen) atoms. The zero-order valence-corrected chi connectivity index (χ0v) is 17.1. The summed E-state index contributed by atoms with van der Waals surface area (Å²) >= 11 is 5.99. The third kappa shape index (κ3) is 7.72. The predicted octanol–water partition coefficient (Wildman–Crippen LogP) is 3.15. The normalized spacial score (nSPS) is 14.5. The van der Waals surface area contributed by atoms with Crippen LogP contribution in [0, 0.1) is 0 Å². The van der Waals surface area contributed by atoms with Crippen LogP contribution in [-0.2, 0) is 6.42 Å². The van der Waals surface area contributed by atoms with Crippen LogP contribution in [0.25, 0.3) is 0 Å². The number of halogens is 2. The molecule has 0 atom stereocenters. The lowest BCUT2D eigenvalue weighted by Crippen LogP contribution is -2.42. The van der Waals surface area contributed by atoms with E-state index in [1.54, 1.807) is 0 Å². The van der Waals surface area contributed by atoms with Gasteiger partial charge in [0.2, 0.25) is 0 Å². The second-order valence-electron chi connectivity index (χ2n) is 5.67. The van der Waals surface area contributed by atoms with Gasteiger partial charge in [-0.05, 0) is 43.5 Å². The molecular weight excluding hydrogens is 423 g/mol. The van der Waals surface area contributed by atoms with Crippen molar-refractivity contribution in [3.05, 3.63) is 34.9 Å². The average molecular weight is 451 g/mol. The molecule has 6 heteroatoms. The molecule has 2 N–H and O–H groups in total. The highest BCUT2D eigenvalue weighted by Gasteiger charge is 2.27. The summed E-state index contributed by atoms with van der Waals surface area (Å²) in [4.78, 5) is 6.80. The van der Waals surface area contributed by atoms with Crippen LogP contribution < -0.4 is 10.6 Å². The fraction of sp³-hybridized carbons (Fsp3) is 0.588. The number of hydrogen-bond donors (Lipinski definition) is 2. The Morgan fingerprint density at radius 3 is 2.65 bits per heavy atom. The van der Waals surface area contributed by atoms with Gasteiger partial charge in [0.25, 0.3) is 0 Å². The highest BCUT2D eigenvalue weighted by molar-refractivity contribution is 14.0. The lowest BCUT2D eigenvalue weighted by Gasteiger charge is -2.20. The van der Waals surface area contributed by atoms with E-state index in [2.05, 4.69) is 33.5 Å². The highest BCUT2D eigenvalue weighted by atomic mass is 127. The number of nitrogens with one attached hydrogen (secondary N) is 2. The van der Waals surface area contributed by atoms with Gasteiger partial charge in [-0.3, -0.25) is 9.89 Å². The van der Waals surface area contributed by atoms with E-state index in [4.69, 9.17) is 11.6 Å². The SMILES string of the molecule is CCN(CCNC(=NC)NCCc1cccc(Cl)c1)C1CC1.I. The molecule has 0 heterocycles. The molecule has 0 bridgehead atoms. The summed E-state index contributed by atoms with van der Waals surface area (Å²) in [5.41, 5.74) is 1.24. The molecule has 0 saturated heterocycles. The molecule has 1 aliphatic rings.